The molecule has 1 aliphatic heterocycles. The molecule has 0 spiro atoms. The minimum absolute atomic E-state index is 0.0169. The van der Waals surface area contributed by atoms with E-state index in [0.29, 0.717) is 16.7 Å². The SMILES string of the molecule is COC(=O)c1ccc(C=C2C(=O)c3ccccc3S(=O)(=O)N2Cc2ccncc2)cc1. The number of pyridine rings is 1. The second-order valence-electron chi connectivity index (χ2n) is 6.84. The van der Waals surface area contributed by atoms with Crippen LogP contribution in [0.4, 0.5) is 0 Å². The van der Waals surface area contributed by atoms with Crippen molar-refractivity contribution >= 4 is 27.9 Å². The second kappa shape index (κ2) is 8.16. The van der Waals surface area contributed by atoms with Gasteiger partial charge in [-0.15, -0.1) is 0 Å². The molecule has 0 radical (unpaired) electrons. The lowest BCUT2D eigenvalue weighted by Gasteiger charge is -2.31. The third-order valence-corrected chi connectivity index (χ3v) is 6.73. The van der Waals surface area contributed by atoms with Gasteiger partial charge in [0.15, 0.2) is 0 Å². The molecule has 3 aromatic rings. The van der Waals surface area contributed by atoms with Gasteiger partial charge in [-0.1, -0.05) is 24.3 Å². The van der Waals surface area contributed by atoms with Crippen LogP contribution in [0.2, 0.25) is 0 Å². The number of ketones is 1. The van der Waals surface area contributed by atoms with Crippen molar-refractivity contribution in [3.63, 3.8) is 0 Å². The maximum Gasteiger partial charge on any atom is 0.337 e. The van der Waals surface area contributed by atoms with Gasteiger partial charge in [-0.05, 0) is 53.6 Å². The van der Waals surface area contributed by atoms with E-state index in [2.05, 4.69) is 4.98 Å². The van der Waals surface area contributed by atoms with Gasteiger partial charge in [0.05, 0.1) is 24.1 Å². The fourth-order valence-corrected chi connectivity index (χ4v) is 4.97. The van der Waals surface area contributed by atoms with E-state index in [9.17, 15) is 18.0 Å². The minimum atomic E-state index is -3.96. The standard InChI is InChI=1S/C23H18N2O5S/c1-30-23(27)18-8-6-16(7-9-18)14-20-22(26)19-4-2-3-5-21(19)31(28,29)25(20)15-17-10-12-24-13-11-17/h2-14H,15H2,1H3. The van der Waals surface area contributed by atoms with Crippen molar-refractivity contribution in [2.45, 2.75) is 11.4 Å². The molecule has 1 aromatic heterocycles. The zero-order valence-electron chi connectivity index (χ0n) is 16.6. The first-order valence-corrected chi connectivity index (χ1v) is 10.8. The van der Waals surface area contributed by atoms with Gasteiger partial charge in [0, 0.05) is 18.0 Å². The molecule has 156 valence electrons. The summed E-state index contributed by atoms with van der Waals surface area (Å²) in [6.07, 6.45) is 4.64. The Morgan fingerprint density at radius 2 is 1.71 bits per heavy atom. The van der Waals surface area contributed by atoms with Crippen LogP contribution < -0.4 is 0 Å². The summed E-state index contributed by atoms with van der Waals surface area (Å²) >= 11 is 0. The molecule has 8 heteroatoms. The molecule has 0 saturated carbocycles. The molecular weight excluding hydrogens is 416 g/mol. The number of sulfonamides is 1. The Morgan fingerprint density at radius 3 is 2.39 bits per heavy atom. The van der Waals surface area contributed by atoms with Gasteiger partial charge in [0.2, 0.25) is 5.78 Å². The van der Waals surface area contributed by atoms with E-state index in [0.717, 1.165) is 4.31 Å². The van der Waals surface area contributed by atoms with Crippen LogP contribution in [0.25, 0.3) is 6.08 Å². The van der Waals surface area contributed by atoms with Gasteiger partial charge in [-0.2, -0.15) is 0 Å². The molecule has 0 N–H and O–H groups in total. The quantitative estimate of drug-likeness (QED) is 0.462. The predicted molar refractivity (Wildman–Crippen MR) is 113 cm³/mol. The minimum Gasteiger partial charge on any atom is -0.465 e. The molecule has 0 bridgehead atoms. The van der Waals surface area contributed by atoms with Crippen LogP contribution in [0.1, 0.15) is 31.8 Å². The van der Waals surface area contributed by atoms with E-state index in [1.165, 1.54) is 25.3 Å². The predicted octanol–water partition coefficient (Wildman–Crippen LogP) is 3.30. The summed E-state index contributed by atoms with van der Waals surface area (Å²) < 4.78 is 32.6. The lowest BCUT2D eigenvalue weighted by atomic mass is 10.0. The first kappa shape index (κ1) is 20.5. The van der Waals surface area contributed by atoms with Crippen LogP contribution in [0.15, 0.2) is 83.6 Å². The summed E-state index contributed by atoms with van der Waals surface area (Å²) in [4.78, 5) is 28.9. The van der Waals surface area contributed by atoms with Gasteiger partial charge in [-0.25, -0.2) is 13.2 Å². The van der Waals surface area contributed by atoms with Gasteiger partial charge < -0.3 is 4.74 Å². The van der Waals surface area contributed by atoms with Crippen molar-refractivity contribution in [2.75, 3.05) is 7.11 Å². The third kappa shape index (κ3) is 3.85. The molecule has 0 atom stereocenters. The highest BCUT2D eigenvalue weighted by atomic mass is 32.2. The third-order valence-electron chi connectivity index (χ3n) is 4.91. The van der Waals surface area contributed by atoms with Gasteiger partial charge in [0.1, 0.15) is 5.70 Å². The highest BCUT2D eigenvalue weighted by molar-refractivity contribution is 7.89. The van der Waals surface area contributed by atoms with E-state index in [-0.39, 0.29) is 22.7 Å². The number of carbonyl (C=O) groups is 2. The normalized spacial score (nSPS) is 16.1. The second-order valence-corrected chi connectivity index (χ2v) is 8.67. The Hall–Kier alpha value is -3.78. The zero-order chi connectivity index (χ0) is 22.0. The zero-order valence-corrected chi connectivity index (χ0v) is 17.4. The van der Waals surface area contributed by atoms with Crippen LogP contribution in [0.5, 0.6) is 0 Å². The summed E-state index contributed by atoms with van der Waals surface area (Å²) in [5.74, 6) is -0.875. The maximum atomic E-state index is 13.4. The molecule has 31 heavy (non-hydrogen) atoms. The van der Waals surface area contributed by atoms with Crippen molar-refractivity contribution in [2.24, 2.45) is 0 Å². The number of carbonyl (C=O) groups excluding carboxylic acids is 2. The molecule has 0 saturated heterocycles. The van der Waals surface area contributed by atoms with Gasteiger partial charge in [-0.3, -0.25) is 14.1 Å². The Kier molecular flexibility index (Phi) is 5.39. The summed E-state index contributed by atoms with van der Waals surface area (Å²) in [5.41, 5.74) is 1.78. The van der Waals surface area contributed by atoms with Crippen molar-refractivity contribution < 1.29 is 22.7 Å². The van der Waals surface area contributed by atoms with Crippen molar-refractivity contribution in [3.05, 3.63) is 101 Å². The fraction of sp³-hybridized carbons (Fsp3) is 0.0870. The smallest absolute Gasteiger partial charge is 0.337 e. The number of methoxy groups -OCH3 is 1. The molecule has 4 rings (SSSR count). The lowest BCUT2D eigenvalue weighted by molar-refractivity contribution is 0.0600. The summed E-state index contributed by atoms with van der Waals surface area (Å²) in [7, 11) is -2.67. The van der Waals surface area contributed by atoms with E-state index < -0.39 is 21.8 Å². The summed E-state index contributed by atoms with van der Waals surface area (Å²) in [6.45, 7) is -0.0169. The number of hydrogen-bond donors (Lipinski definition) is 0. The van der Waals surface area contributed by atoms with Crippen LogP contribution in [-0.4, -0.2) is 36.6 Å². The molecule has 7 nitrogen and oxygen atoms in total. The average molecular weight is 434 g/mol. The molecular formula is C23H18N2O5S. The number of rotatable bonds is 4. The van der Waals surface area contributed by atoms with Gasteiger partial charge >= 0.3 is 5.97 Å². The monoisotopic (exact) mass is 434 g/mol. The van der Waals surface area contributed by atoms with E-state index in [4.69, 9.17) is 4.74 Å². The summed E-state index contributed by atoms with van der Waals surface area (Å²) in [6, 6.07) is 15.9. The number of Topliss-reactive ketones (excluding diaryl/α,β-unsaturated/α-hetero) is 1. The van der Waals surface area contributed by atoms with E-state index >= 15 is 0 Å². The van der Waals surface area contributed by atoms with Crippen LogP contribution >= 0.6 is 0 Å². The number of hydrogen-bond acceptors (Lipinski definition) is 6. The highest BCUT2D eigenvalue weighted by Gasteiger charge is 2.39. The molecule has 1 aliphatic rings. The molecule has 2 aromatic carbocycles. The van der Waals surface area contributed by atoms with Crippen LogP contribution in [0, 0.1) is 0 Å². The largest absolute Gasteiger partial charge is 0.465 e. The van der Waals surface area contributed by atoms with Crippen molar-refractivity contribution in [1.29, 1.82) is 0 Å². The molecule has 0 fully saturated rings. The average Bonchev–Trinajstić information content (AvgIpc) is 2.80. The number of ether oxygens (including phenoxy) is 1. The number of fused-ring (bicyclic) bond motifs is 1. The van der Waals surface area contributed by atoms with Crippen molar-refractivity contribution in [3.8, 4) is 0 Å². The highest BCUT2D eigenvalue weighted by Crippen LogP contribution is 2.34. The van der Waals surface area contributed by atoms with Crippen LogP contribution in [0.3, 0.4) is 0 Å². The number of benzene rings is 2. The Balaban J connectivity index is 1.83. The van der Waals surface area contributed by atoms with Crippen molar-refractivity contribution in [1.82, 2.24) is 9.29 Å². The van der Waals surface area contributed by atoms with E-state index in [1.54, 1.807) is 60.9 Å². The maximum absolute atomic E-state index is 13.4. The number of nitrogens with zero attached hydrogens (tertiary/aromatic N) is 2. The Morgan fingerprint density at radius 1 is 1.03 bits per heavy atom. The molecule has 0 amide bonds. The first-order valence-electron chi connectivity index (χ1n) is 9.37. The Labute approximate surface area is 179 Å². The van der Waals surface area contributed by atoms with Gasteiger partial charge in [0.25, 0.3) is 10.0 Å². The summed E-state index contributed by atoms with van der Waals surface area (Å²) in [5, 5.41) is 0. The van der Waals surface area contributed by atoms with Crippen LogP contribution in [-0.2, 0) is 21.3 Å². The van der Waals surface area contributed by atoms with E-state index in [1.807, 2.05) is 0 Å². The molecule has 0 unspecified atom stereocenters. The fourth-order valence-electron chi connectivity index (χ4n) is 3.33. The molecule has 2 heterocycles. The molecule has 0 aliphatic carbocycles. The first-order chi connectivity index (χ1) is 14.9. The number of esters is 1. The lowest BCUT2D eigenvalue weighted by Crippen LogP contribution is -2.38. The topological polar surface area (TPSA) is 93.6 Å². The number of allylic oxidation sites excluding steroid dienone is 1. The number of aromatic nitrogens is 1. The Bertz CT molecular complexity index is 1280.